The van der Waals surface area contributed by atoms with Crippen molar-refractivity contribution >= 4 is 10.0 Å². The van der Waals surface area contributed by atoms with Gasteiger partial charge in [0.1, 0.15) is 5.75 Å². The molecule has 2 aromatic rings. The molecule has 3 rings (SSSR count). The van der Waals surface area contributed by atoms with Crippen LogP contribution in [0.4, 0.5) is 0 Å². The summed E-state index contributed by atoms with van der Waals surface area (Å²) in [6.45, 7) is 9.11. The Morgan fingerprint density at radius 3 is 2.37 bits per heavy atom. The van der Waals surface area contributed by atoms with Gasteiger partial charge in [0, 0.05) is 32.1 Å². The van der Waals surface area contributed by atoms with Gasteiger partial charge < -0.3 is 9.26 Å². The molecule has 0 N–H and O–H groups in total. The van der Waals surface area contributed by atoms with Gasteiger partial charge in [0.05, 0.1) is 18.0 Å². The van der Waals surface area contributed by atoms with Crippen LogP contribution in [-0.2, 0) is 16.6 Å². The number of hydrogen-bond acceptors (Lipinski definition) is 7. The van der Waals surface area contributed by atoms with Crippen molar-refractivity contribution in [2.24, 2.45) is 0 Å². The minimum atomic E-state index is -3.50. The highest BCUT2D eigenvalue weighted by Gasteiger charge is 2.29. The first-order chi connectivity index (χ1) is 12.9. The summed E-state index contributed by atoms with van der Waals surface area (Å²) in [7, 11) is -3.50. The van der Waals surface area contributed by atoms with E-state index in [0.29, 0.717) is 56.8 Å². The van der Waals surface area contributed by atoms with E-state index in [1.807, 2.05) is 20.8 Å². The third kappa shape index (κ3) is 4.66. The van der Waals surface area contributed by atoms with Crippen LogP contribution in [0, 0.1) is 0 Å². The number of ether oxygens (including phenoxy) is 1. The van der Waals surface area contributed by atoms with E-state index < -0.39 is 10.0 Å². The maximum absolute atomic E-state index is 12.8. The predicted octanol–water partition coefficient (Wildman–Crippen LogP) is 2.10. The number of hydrogen-bond donors (Lipinski definition) is 0. The molecule has 0 amide bonds. The van der Waals surface area contributed by atoms with Gasteiger partial charge in [-0.1, -0.05) is 19.0 Å². The van der Waals surface area contributed by atoms with E-state index in [1.54, 1.807) is 24.3 Å². The van der Waals surface area contributed by atoms with Crippen LogP contribution in [-0.4, -0.2) is 60.5 Å². The van der Waals surface area contributed by atoms with Gasteiger partial charge in [0.2, 0.25) is 15.9 Å². The highest BCUT2D eigenvalue weighted by Crippen LogP contribution is 2.21. The lowest BCUT2D eigenvalue weighted by molar-refractivity contribution is 0.163. The molecule has 0 radical (unpaired) electrons. The Hall–Kier alpha value is -1.97. The van der Waals surface area contributed by atoms with E-state index in [9.17, 15) is 8.42 Å². The summed E-state index contributed by atoms with van der Waals surface area (Å²) in [6.07, 6.45) is 0. The third-order valence-corrected chi connectivity index (χ3v) is 6.38. The Balaban J connectivity index is 1.58. The van der Waals surface area contributed by atoms with Crippen molar-refractivity contribution in [3.63, 3.8) is 0 Å². The lowest BCUT2D eigenvalue weighted by Crippen LogP contribution is -2.48. The lowest BCUT2D eigenvalue weighted by atomic mass is 10.2. The minimum Gasteiger partial charge on any atom is -0.494 e. The molecule has 148 valence electrons. The smallest absolute Gasteiger partial charge is 0.243 e. The Morgan fingerprint density at radius 2 is 1.81 bits per heavy atom. The largest absolute Gasteiger partial charge is 0.494 e. The summed E-state index contributed by atoms with van der Waals surface area (Å²) in [4.78, 5) is 6.80. The topological polar surface area (TPSA) is 88.8 Å². The number of piperazine rings is 1. The van der Waals surface area contributed by atoms with Gasteiger partial charge in [-0.25, -0.2) is 8.42 Å². The second-order valence-electron chi connectivity index (χ2n) is 6.79. The van der Waals surface area contributed by atoms with Crippen molar-refractivity contribution in [1.29, 1.82) is 0 Å². The number of nitrogens with zero attached hydrogens (tertiary/aromatic N) is 4. The number of benzene rings is 1. The Kier molecular flexibility index (Phi) is 6.13. The van der Waals surface area contributed by atoms with Crippen LogP contribution in [0.25, 0.3) is 0 Å². The van der Waals surface area contributed by atoms with E-state index >= 15 is 0 Å². The Labute approximate surface area is 160 Å². The van der Waals surface area contributed by atoms with Gasteiger partial charge in [-0.15, -0.1) is 0 Å². The SMILES string of the molecule is CCOc1ccc(S(=O)(=O)N2CCN(Cc3nc(C(C)C)no3)CC2)cc1. The van der Waals surface area contributed by atoms with Crippen LogP contribution in [0.15, 0.2) is 33.7 Å². The molecule has 1 aliphatic rings. The van der Waals surface area contributed by atoms with E-state index in [-0.39, 0.29) is 10.8 Å². The first kappa shape index (κ1) is 19.8. The van der Waals surface area contributed by atoms with Crippen molar-refractivity contribution in [2.75, 3.05) is 32.8 Å². The van der Waals surface area contributed by atoms with Crippen molar-refractivity contribution in [2.45, 2.75) is 38.1 Å². The second kappa shape index (κ2) is 8.37. The van der Waals surface area contributed by atoms with E-state index in [4.69, 9.17) is 9.26 Å². The van der Waals surface area contributed by atoms with Crippen molar-refractivity contribution < 1.29 is 17.7 Å². The quantitative estimate of drug-likeness (QED) is 0.710. The number of sulfonamides is 1. The highest BCUT2D eigenvalue weighted by molar-refractivity contribution is 7.89. The van der Waals surface area contributed by atoms with E-state index in [2.05, 4.69) is 15.0 Å². The maximum Gasteiger partial charge on any atom is 0.243 e. The fraction of sp³-hybridized carbons (Fsp3) is 0.556. The van der Waals surface area contributed by atoms with Crippen LogP contribution < -0.4 is 4.74 Å². The van der Waals surface area contributed by atoms with E-state index in [1.165, 1.54) is 4.31 Å². The average Bonchev–Trinajstić information content (AvgIpc) is 3.12. The Morgan fingerprint density at radius 1 is 1.15 bits per heavy atom. The average molecular weight is 394 g/mol. The van der Waals surface area contributed by atoms with Gasteiger partial charge >= 0.3 is 0 Å². The molecule has 0 spiro atoms. The highest BCUT2D eigenvalue weighted by atomic mass is 32.2. The third-order valence-electron chi connectivity index (χ3n) is 4.46. The first-order valence-corrected chi connectivity index (χ1v) is 10.6. The zero-order chi connectivity index (χ0) is 19.4. The van der Waals surface area contributed by atoms with Crippen molar-refractivity contribution in [3.05, 3.63) is 36.0 Å². The van der Waals surface area contributed by atoms with Gasteiger partial charge in [-0.3, -0.25) is 4.90 Å². The predicted molar refractivity (Wildman–Crippen MR) is 100 cm³/mol. The fourth-order valence-corrected chi connectivity index (χ4v) is 4.33. The molecule has 8 nitrogen and oxygen atoms in total. The molecule has 0 saturated carbocycles. The molecule has 1 aliphatic heterocycles. The zero-order valence-electron chi connectivity index (χ0n) is 16.0. The fourth-order valence-electron chi connectivity index (χ4n) is 2.91. The van der Waals surface area contributed by atoms with Crippen LogP contribution in [0.3, 0.4) is 0 Å². The summed E-state index contributed by atoms with van der Waals surface area (Å²) < 4.78 is 37.8. The van der Waals surface area contributed by atoms with Crippen LogP contribution in [0.1, 0.15) is 38.4 Å². The molecule has 0 atom stereocenters. The molecule has 27 heavy (non-hydrogen) atoms. The molecule has 1 saturated heterocycles. The summed E-state index contributed by atoms with van der Waals surface area (Å²) in [5.74, 6) is 2.16. The minimum absolute atomic E-state index is 0.221. The zero-order valence-corrected chi connectivity index (χ0v) is 16.8. The Bertz CT molecular complexity index is 841. The molecule has 9 heteroatoms. The summed E-state index contributed by atoms with van der Waals surface area (Å²) >= 11 is 0. The van der Waals surface area contributed by atoms with Crippen molar-refractivity contribution in [3.8, 4) is 5.75 Å². The van der Waals surface area contributed by atoms with Crippen LogP contribution in [0.5, 0.6) is 5.75 Å². The molecule has 1 aromatic heterocycles. The molecule has 0 bridgehead atoms. The standard InChI is InChI=1S/C18H26N4O4S/c1-4-25-15-5-7-16(8-6-15)27(23,24)22-11-9-21(10-12-22)13-17-19-18(14(2)3)20-26-17/h5-8,14H,4,9-13H2,1-3H3. The summed E-state index contributed by atoms with van der Waals surface area (Å²) in [5, 5.41) is 3.97. The van der Waals surface area contributed by atoms with Gasteiger partial charge in [0.15, 0.2) is 5.82 Å². The molecule has 1 fully saturated rings. The number of rotatable bonds is 7. The summed E-state index contributed by atoms with van der Waals surface area (Å²) in [5.41, 5.74) is 0. The van der Waals surface area contributed by atoms with Crippen LogP contribution >= 0.6 is 0 Å². The first-order valence-electron chi connectivity index (χ1n) is 9.18. The molecule has 1 aromatic carbocycles. The molecule has 0 unspecified atom stereocenters. The number of aromatic nitrogens is 2. The molecule has 2 heterocycles. The van der Waals surface area contributed by atoms with Gasteiger partial charge in [-0.2, -0.15) is 9.29 Å². The normalized spacial score (nSPS) is 16.7. The van der Waals surface area contributed by atoms with E-state index in [0.717, 1.165) is 0 Å². The van der Waals surface area contributed by atoms with Gasteiger partial charge in [0.25, 0.3) is 0 Å². The second-order valence-corrected chi connectivity index (χ2v) is 8.72. The molecular weight excluding hydrogens is 368 g/mol. The van der Waals surface area contributed by atoms with Gasteiger partial charge in [-0.05, 0) is 31.2 Å². The van der Waals surface area contributed by atoms with Crippen molar-refractivity contribution in [1.82, 2.24) is 19.3 Å². The lowest BCUT2D eigenvalue weighted by Gasteiger charge is -2.33. The molecule has 0 aliphatic carbocycles. The van der Waals surface area contributed by atoms with Crippen LogP contribution in [0.2, 0.25) is 0 Å². The molecular formula is C18H26N4O4S. The summed E-state index contributed by atoms with van der Waals surface area (Å²) in [6, 6.07) is 6.57. The monoisotopic (exact) mass is 394 g/mol. The maximum atomic E-state index is 12.8.